The van der Waals surface area contributed by atoms with Gasteiger partial charge >= 0.3 is 5.97 Å². The zero-order valence-corrected chi connectivity index (χ0v) is 12.6. The van der Waals surface area contributed by atoms with Crippen molar-refractivity contribution in [3.8, 4) is 17.2 Å². The molecule has 0 radical (unpaired) electrons. The van der Waals surface area contributed by atoms with Crippen LogP contribution < -0.4 is 19.5 Å². The van der Waals surface area contributed by atoms with Crippen molar-refractivity contribution >= 4 is 29.2 Å². The van der Waals surface area contributed by atoms with Gasteiger partial charge in [-0.05, 0) is 36.4 Å². The number of halogens is 1. The summed E-state index contributed by atoms with van der Waals surface area (Å²) >= 11 is 5.76. The van der Waals surface area contributed by atoms with Crippen LogP contribution in [0.5, 0.6) is 17.2 Å². The van der Waals surface area contributed by atoms with Gasteiger partial charge in [0.15, 0.2) is 13.2 Å². The third-order valence-corrected chi connectivity index (χ3v) is 3.24. The topological polar surface area (TPSA) is 73.9 Å². The van der Waals surface area contributed by atoms with E-state index < -0.39 is 5.97 Å². The summed E-state index contributed by atoms with van der Waals surface area (Å²) < 4.78 is 15.7. The highest BCUT2D eigenvalue weighted by molar-refractivity contribution is 6.30. The Labute approximate surface area is 136 Å². The lowest BCUT2D eigenvalue weighted by atomic mass is 10.2. The molecular weight excluding hydrogens is 322 g/mol. The van der Waals surface area contributed by atoms with Crippen molar-refractivity contribution in [3.05, 3.63) is 47.5 Å². The van der Waals surface area contributed by atoms with E-state index in [2.05, 4.69) is 5.32 Å². The smallest absolute Gasteiger partial charge is 0.349 e. The van der Waals surface area contributed by atoms with Crippen molar-refractivity contribution in [2.24, 2.45) is 0 Å². The Morgan fingerprint density at radius 3 is 2.70 bits per heavy atom. The molecule has 0 aliphatic carbocycles. The predicted molar refractivity (Wildman–Crippen MR) is 83.1 cm³/mol. The molecule has 0 spiro atoms. The van der Waals surface area contributed by atoms with E-state index in [4.69, 9.17) is 25.8 Å². The quantitative estimate of drug-likeness (QED) is 0.688. The van der Waals surface area contributed by atoms with Gasteiger partial charge in [-0.1, -0.05) is 11.6 Å². The fourth-order valence-corrected chi connectivity index (χ4v) is 2.08. The van der Waals surface area contributed by atoms with Crippen molar-refractivity contribution in [2.75, 3.05) is 18.5 Å². The minimum absolute atomic E-state index is 0.0654. The van der Waals surface area contributed by atoms with Crippen molar-refractivity contribution in [1.82, 2.24) is 0 Å². The maximum atomic E-state index is 11.8. The highest BCUT2D eigenvalue weighted by atomic mass is 35.5. The number of esters is 1. The molecule has 0 saturated heterocycles. The van der Waals surface area contributed by atoms with E-state index in [0.717, 1.165) is 0 Å². The number of carbonyl (C=O) groups is 2. The largest absolute Gasteiger partial charge is 0.482 e. The molecule has 1 aliphatic rings. The summed E-state index contributed by atoms with van der Waals surface area (Å²) in [6.45, 7) is -0.305. The lowest BCUT2D eigenvalue weighted by molar-refractivity contribution is -0.136. The molecule has 1 heterocycles. The van der Waals surface area contributed by atoms with Crippen LogP contribution in [0.1, 0.15) is 0 Å². The minimum Gasteiger partial charge on any atom is -0.482 e. The molecule has 0 fully saturated rings. The first-order valence-corrected chi connectivity index (χ1v) is 7.14. The van der Waals surface area contributed by atoms with Gasteiger partial charge < -0.3 is 19.5 Å². The first-order valence-electron chi connectivity index (χ1n) is 6.76. The molecule has 0 atom stereocenters. The molecule has 23 heavy (non-hydrogen) atoms. The molecular formula is C16H12ClNO5. The predicted octanol–water partition coefficient (Wildman–Crippen LogP) is 2.66. The molecule has 3 rings (SSSR count). The molecule has 1 N–H and O–H groups in total. The SMILES string of the molecule is O=C1COc2cc(OC(=O)COc3ccc(Cl)cc3)ccc2N1. The number of nitrogens with one attached hydrogen (secondary N) is 1. The fourth-order valence-electron chi connectivity index (χ4n) is 1.95. The number of ether oxygens (including phenoxy) is 3. The zero-order valence-electron chi connectivity index (χ0n) is 11.9. The van der Waals surface area contributed by atoms with Gasteiger partial charge in [-0.25, -0.2) is 4.79 Å². The summed E-state index contributed by atoms with van der Waals surface area (Å²) in [6.07, 6.45) is 0. The van der Waals surface area contributed by atoms with E-state index in [0.29, 0.717) is 28.0 Å². The number of hydrogen-bond acceptors (Lipinski definition) is 5. The molecule has 2 aromatic rings. The number of rotatable bonds is 4. The van der Waals surface area contributed by atoms with Crippen LogP contribution in [0.4, 0.5) is 5.69 Å². The number of anilines is 1. The van der Waals surface area contributed by atoms with Gasteiger partial charge in [0.2, 0.25) is 0 Å². The van der Waals surface area contributed by atoms with Crippen LogP contribution in [0, 0.1) is 0 Å². The normalized spacial score (nSPS) is 12.7. The van der Waals surface area contributed by atoms with Crippen molar-refractivity contribution in [2.45, 2.75) is 0 Å². The highest BCUT2D eigenvalue weighted by Crippen LogP contribution is 2.31. The van der Waals surface area contributed by atoms with Gasteiger partial charge in [-0.15, -0.1) is 0 Å². The molecule has 0 aromatic heterocycles. The molecule has 1 aliphatic heterocycles. The average Bonchev–Trinajstić information content (AvgIpc) is 2.54. The van der Waals surface area contributed by atoms with Crippen molar-refractivity contribution < 1.29 is 23.8 Å². The second-order valence-electron chi connectivity index (χ2n) is 4.71. The third-order valence-electron chi connectivity index (χ3n) is 2.99. The molecule has 1 amide bonds. The molecule has 6 nitrogen and oxygen atoms in total. The van der Waals surface area contributed by atoms with Crippen molar-refractivity contribution in [3.63, 3.8) is 0 Å². The summed E-state index contributed by atoms with van der Waals surface area (Å²) in [5, 5.41) is 3.24. The Kier molecular flexibility index (Phi) is 4.34. The Morgan fingerprint density at radius 1 is 1.17 bits per heavy atom. The summed E-state index contributed by atoms with van der Waals surface area (Å²) in [6, 6.07) is 11.3. The lowest BCUT2D eigenvalue weighted by Gasteiger charge is -2.18. The van der Waals surface area contributed by atoms with Crippen LogP contribution in [-0.4, -0.2) is 25.1 Å². The number of hydrogen-bond donors (Lipinski definition) is 1. The second-order valence-corrected chi connectivity index (χ2v) is 5.15. The summed E-state index contributed by atoms with van der Waals surface area (Å²) in [5.41, 5.74) is 0.540. The molecule has 0 unspecified atom stereocenters. The van der Waals surface area contributed by atoms with Gasteiger partial charge in [0, 0.05) is 11.1 Å². The average molecular weight is 334 g/mol. The standard InChI is InChI=1S/C16H12ClNO5/c17-10-1-3-11(4-2-10)21-9-16(20)23-12-5-6-13-14(7-12)22-8-15(19)18-13/h1-7H,8-9H2,(H,18,19). The van der Waals surface area contributed by atoms with E-state index in [1.54, 1.807) is 36.4 Å². The Hall–Kier alpha value is -2.73. The number of fused-ring (bicyclic) bond motifs is 1. The number of carbonyl (C=O) groups excluding carboxylic acids is 2. The summed E-state index contributed by atoms with van der Waals surface area (Å²) in [7, 11) is 0. The molecule has 0 bridgehead atoms. The van der Waals surface area contributed by atoms with Gasteiger partial charge in [0.1, 0.15) is 17.2 Å². The number of benzene rings is 2. The summed E-state index contributed by atoms with van der Waals surface area (Å²) in [4.78, 5) is 23.0. The van der Waals surface area contributed by atoms with Gasteiger partial charge in [0.25, 0.3) is 5.91 Å². The van der Waals surface area contributed by atoms with E-state index in [1.165, 1.54) is 6.07 Å². The maximum absolute atomic E-state index is 11.8. The van der Waals surface area contributed by atoms with Crippen LogP contribution >= 0.6 is 11.6 Å². The van der Waals surface area contributed by atoms with Crippen LogP contribution in [0.2, 0.25) is 5.02 Å². The van der Waals surface area contributed by atoms with Gasteiger partial charge in [0.05, 0.1) is 5.69 Å². The highest BCUT2D eigenvalue weighted by Gasteiger charge is 2.17. The monoisotopic (exact) mass is 333 g/mol. The zero-order chi connectivity index (χ0) is 16.2. The Morgan fingerprint density at radius 2 is 1.91 bits per heavy atom. The first-order chi connectivity index (χ1) is 11.1. The van der Waals surface area contributed by atoms with E-state index in [1.807, 2.05) is 0 Å². The van der Waals surface area contributed by atoms with Crippen LogP contribution in [-0.2, 0) is 9.59 Å². The van der Waals surface area contributed by atoms with E-state index >= 15 is 0 Å². The molecule has 118 valence electrons. The summed E-state index contributed by atoms with van der Waals surface area (Å²) in [5.74, 6) is 0.499. The first kappa shape index (κ1) is 15.2. The van der Waals surface area contributed by atoms with Gasteiger partial charge in [-0.3, -0.25) is 4.79 Å². The van der Waals surface area contributed by atoms with Crippen molar-refractivity contribution in [1.29, 1.82) is 0 Å². The third kappa shape index (κ3) is 3.92. The van der Waals surface area contributed by atoms with Crippen LogP contribution in [0.25, 0.3) is 0 Å². The Bertz CT molecular complexity index is 745. The Balaban J connectivity index is 1.57. The minimum atomic E-state index is -0.556. The van der Waals surface area contributed by atoms with E-state index in [-0.39, 0.29) is 19.1 Å². The van der Waals surface area contributed by atoms with Crippen LogP contribution in [0.3, 0.4) is 0 Å². The van der Waals surface area contributed by atoms with Gasteiger partial charge in [-0.2, -0.15) is 0 Å². The van der Waals surface area contributed by atoms with Crippen LogP contribution in [0.15, 0.2) is 42.5 Å². The van der Waals surface area contributed by atoms with E-state index in [9.17, 15) is 9.59 Å². The lowest BCUT2D eigenvalue weighted by Crippen LogP contribution is -2.25. The molecule has 2 aromatic carbocycles. The fraction of sp³-hybridized carbons (Fsp3) is 0.125. The maximum Gasteiger partial charge on any atom is 0.349 e. The number of amides is 1. The molecule has 7 heteroatoms. The second kappa shape index (κ2) is 6.58. The molecule has 0 saturated carbocycles.